The first-order valence-electron chi connectivity index (χ1n) is 6.56. The lowest BCUT2D eigenvalue weighted by atomic mass is 9.95. The Hall–Kier alpha value is -0.860. The van der Waals surface area contributed by atoms with Gasteiger partial charge in [-0.1, -0.05) is 6.92 Å². The van der Waals surface area contributed by atoms with E-state index in [0.29, 0.717) is 12.2 Å². The largest absolute Gasteiger partial charge is 0.339 e. The van der Waals surface area contributed by atoms with Gasteiger partial charge in [0.15, 0.2) is 0 Å². The van der Waals surface area contributed by atoms with Crippen molar-refractivity contribution in [1.29, 1.82) is 0 Å². The number of ketones is 1. The molecule has 0 aromatic rings. The van der Waals surface area contributed by atoms with Gasteiger partial charge < -0.3 is 4.90 Å². The van der Waals surface area contributed by atoms with Crippen LogP contribution >= 0.6 is 0 Å². The fourth-order valence-electron chi connectivity index (χ4n) is 3.13. The molecule has 1 heterocycles. The summed E-state index contributed by atoms with van der Waals surface area (Å²) in [4.78, 5) is 25.7. The fraction of sp³-hybridized carbons (Fsp3) is 0.846. The molecule has 0 bridgehead atoms. The molecule has 16 heavy (non-hydrogen) atoms. The Morgan fingerprint density at radius 3 is 2.81 bits per heavy atom. The smallest absolute Gasteiger partial charge is 0.222 e. The summed E-state index contributed by atoms with van der Waals surface area (Å²) in [5, 5.41) is 0. The molecule has 2 rings (SSSR count). The van der Waals surface area contributed by atoms with E-state index in [9.17, 15) is 9.59 Å². The van der Waals surface area contributed by atoms with Crippen molar-refractivity contribution in [2.75, 3.05) is 6.54 Å². The molecule has 90 valence electrons. The molecule has 1 saturated heterocycles. The van der Waals surface area contributed by atoms with Crippen molar-refractivity contribution < 1.29 is 9.59 Å². The molecule has 2 unspecified atom stereocenters. The van der Waals surface area contributed by atoms with Crippen LogP contribution in [0, 0.1) is 5.92 Å². The lowest BCUT2D eigenvalue weighted by Gasteiger charge is -2.28. The number of amides is 1. The minimum Gasteiger partial charge on any atom is -0.339 e. The van der Waals surface area contributed by atoms with Gasteiger partial charge in [-0.05, 0) is 32.1 Å². The molecule has 2 atom stereocenters. The zero-order valence-corrected chi connectivity index (χ0v) is 10.1. The Balaban J connectivity index is 2.02. The first-order chi connectivity index (χ1) is 7.74. The number of carbonyl (C=O) groups excluding carboxylic acids is 2. The van der Waals surface area contributed by atoms with Crippen molar-refractivity contribution in [3.63, 3.8) is 0 Å². The molecule has 0 aromatic heterocycles. The monoisotopic (exact) mass is 223 g/mol. The van der Waals surface area contributed by atoms with Crippen LogP contribution in [0.25, 0.3) is 0 Å². The summed E-state index contributed by atoms with van der Waals surface area (Å²) in [6.45, 7) is 2.90. The third-order valence-corrected chi connectivity index (χ3v) is 3.90. The summed E-state index contributed by atoms with van der Waals surface area (Å²) in [6.07, 6.45) is 6.40. The normalized spacial score (nSPS) is 30.1. The second kappa shape index (κ2) is 4.98. The van der Waals surface area contributed by atoms with Crippen LogP contribution < -0.4 is 0 Å². The molecular formula is C13H21NO2. The van der Waals surface area contributed by atoms with Crippen molar-refractivity contribution in [2.45, 2.75) is 57.9 Å². The van der Waals surface area contributed by atoms with Crippen LogP contribution in [-0.2, 0) is 9.59 Å². The first kappa shape index (κ1) is 11.6. The molecule has 1 aliphatic heterocycles. The van der Waals surface area contributed by atoms with Crippen molar-refractivity contribution in [2.24, 2.45) is 5.92 Å². The number of hydrogen-bond acceptors (Lipinski definition) is 2. The van der Waals surface area contributed by atoms with Crippen LogP contribution in [0.15, 0.2) is 0 Å². The van der Waals surface area contributed by atoms with E-state index in [1.54, 1.807) is 0 Å². The van der Waals surface area contributed by atoms with Gasteiger partial charge in [-0.2, -0.15) is 0 Å². The summed E-state index contributed by atoms with van der Waals surface area (Å²) < 4.78 is 0. The van der Waals surface area contributed by atoms with Crippen molar-refractivity contribution in [1.82, 2.24) is 4.90 Å². The maximum atomic E-state index is 11.9. The van der Waals surface area contributed by atoms with E-state index in [1.165, 1.54) is 0 Å². The van der Waals surface area contributed by atoms with Crippen LogP contribution in [-0.4, -0.2) is 29.2 Å². The molecule has 0 spiro atoms. The van der Waals surface area contributed by atoms with E-state index in [2.05, 4.69) is 0 Å². The maximum Gasteiger partial charge on any atom is 0.222 e. The molecule has 1 aliphatic carbocycles. The molecule has 2 aliphatic rings. The Kier molecular flexibility index (Phi) is 3.62. The van der Waals surface area contributed by atoms with E-state index < -0.39 is 0 Å². The van der Waals surface area contributed by atoms with Gasteiger partial charge in [0.05, 0.1) is 0 Å². The fourth-order valence-corrected chi connectivity index (χ4v) is 3.13. The van der Waals surface area contributed by atoms with Gasteiger partial charge in [-0.25, -0.2) is 0 Å². The van der Waals surface area contributed by atoms with Crippen molar-refractivity contribution >= 4 is 11.7 Å². The number of hydrogen-bond donors (Lipinski definition) is 0. The topological polar surface area (TPSA) is 37.4 Å². The van der Waals surface area contributed by atoms with E-state index in [4.69, 9.17) is 0 Å². The summed E-state index contributed by atoms with van der Waals surface area (Å²) in [7, 11) is 0. The van der Waals surface area contributed by atoms with E-state index in [1.807, 2.05) is 11.8 Å². The zero-order valence-electron chi connectivity index (χ0n) is 10.1. The van der Waals surface area contributed by atoms with Gasteiger partial charge in [0.1, 0.15) is 5.78 Å². The summed E-state index contributed by atoms with van der Waals surface area (Å²) >= 11 is 0. The standard InChI is InChI=1S/C13H21NO2/c1-2-5-13(16)14-9-4-7-11(14)10-6-3-8-12(10)15/h10-11H,2-9H2,1H3. The zero-order chi connectivity index (χ0) is 11.5. The lowest BCUT2D eigenvalue weighted by Crippen LogP contribution is -2.41. The Morgan fingerprint density at radius 1 is 1.38 bits per heavy atom. The lowest BCUT2D eigenvalue weighted by molar-refractivity contribution is -0.134. The van der Waals surface area contributed by atoms with E-state index >= 15 is 0 Å². The minimum absolute atomic E-state index is 0.156. The summed E-state index contributed by atoms with van der Waals surface area (Å²) in [5.41, 5.74) is 0. The molecule has 3 nitrogen and oxygen atoms in total. The highest BCUT2D eigenvalue weighted by molar-refractivity contribution is 5.85. The number of Topliss-reactive ketones (excluding diaryl/α,β-unsaturated/α-hetero) is 1. The van der Waals surface area contributed by atoms with E-state index in [-0.39, 0.29) is 17.9 Å². The van der Waals surface area contributed by atoms with Gasteiger partial charge in [0, 0.05) is 31.3 Å². The highest BCUT2D eigenvalue weighted by Crippen LogP contribution is 2.33. The van der Waals surface area contributed by atoms with E-state index in [0.717, 1.165) is 45.1 Å². The molecule has 0 N–H and O–H groups in total. The molecule has 0 aromatic carbocycles. The van der Waals surface area contributed by atoms with Crippen LogP contribution in [0.2, 0.25) is 0 Å². The molecule has 0 radical (unpaired) electrons. The van der Waals surface area contributed by atoms with Crippen LogP contribution in [0.4, 0.5) is 0 Å². The maximum absolute atomic E-state index is 11.9. The minimum atomic E-state index is 0.156. The Morgan fingerprint density at radius 2 is 2.19 bits per heavy atom. The third kappa shape index (κ3) is 2.13. The molecule has 2 fully saturated rings. The van der Waals surface area contributed by atoms with Crippen LogP contribution in [0.1, 0.15) is 51.9 Å². The predicted molar refractivity (Wildman–Crippen MR) is 62.0 cm³/mol. The van der Waals surface area contributed by atoms with Crippen molar-refractivity contribution in [3.8, 4) is 0 Å². The van der Waals surface area contributed by atoms with Crippen LogP contribution in [0.3, 0.4) is 0 Å². The first-order valence-corrected chi connectivity index (χ1v) is 6.56. The average molecular weight is 223 g/mol. The third-order valence-electron chi connectivity index (χ3n) is 3.90. The van der Waals surface area contributed by atoms with Gasteiger partial charge >= 0.3 is 0 Å². The highest BCUT2D eigenvalue weighted by Gasteiger charge is 2.39. The quantitative estimate of drug-likeness (QED) is 0.735. The SMILES string of the molecule is CCCC(=O)N1CCCC1C1CCCC1=O. The average Bonchev–Trinajstić information content (AvgIpc) is 2.85. The predicted octanol–water partition coefficient (Wildman–Crippen LogP) is 2.15. The Bertz CT molecular complexity index is 288. The molecule has 1 amide bonds. The number of likely N-dealkylation sites (tertiary alicyclic amines) is 1. The number of carbonyl (C=O) groups is 2. The second-order valence-electron chi connectivity index (χ2n) is 5.01. The summed E-state index contributed by atoms with van der Waals surface area (Å²) in [6, 6.07) is 0.231. The van der Waals surface area contributed by atoms with Crippen molar-refractivity contribution in [3.05, 3.63) is 0 Å². The van der Waals surface area contributed by atoms with Gasteiger partial charge in [-0.3, -0.25) is 9.59 Å². The molecule has 3 heteroatoms. The van der Waals surface area contributed by atoms with Gasteiger partial charge in [-0.15, -0.1) is 0 Å². The van der Waals surface area contributed by atoms with Gasteiger partial charge in [0.25, 0.3) is 0 Å². The summed E-state index contributed by atoms with van der Waals surface area (Å²) in [5.74, 6) is 0.800. The van der Waals surface area contributed by atoms with Gasteiger partial charge in [0.2, 0.25) is 5.91 Å². The number of rotatable bonds is 3. The Labute approximate surface area is 97.2 Å². The number of nitrogens with zero attached hydrogens (tertiary/aromatic N) is 1. The molecule has 1 saturated carbocycles. The molecular weight excluding hydrogens is 202 g/mol. The van der Waals surface area contributed by atoms with Crippen LogP contribution in [0.5, 0.6) is 0 Å². The highest BCUT2D eigenvalue weighted by atomic mass is 16.2. The second-order valence-corrected chi connectivity index (χ2v) is 5.01.